The van der Waals surface area contributed by atoms with Gasteiger partial charge in [0.05, 0.1) is 4.53 Å². The highest BCUT2D eigenvalue weighted by molar-refractivity contribution is 7.15. The van der Waals surface area contributed by atoms with E-state index in [0.717, 1.165) is 21.4 Å². The van der Waals surface area contributed by atoms with Gasteiger partial charge < -0.3 is 0 Å². The lowest BCUT2D eigenvalue weighted by molar-refractivity contribution is 0.627. The number of nitrogens with zero attached hydrogens (tertiary/aromatic N) is 3. The number of thiazole rings is 1. The Bertz CT molecular complexity index is 1300. The van der Waals surface area contributed by atoms with E-state index in [1.54, 1.807) is 42.5 Å². The molecule has 134 valence electrons. The van der Waals surface area contributed by atoms with Crippen molar-refractivity contribution in [2.24, 2.45) is 0 Å². The molecule has 0 aliphatic rings. The quantitative estimate of drug-likeness (QED) is 0.531. The van der Waals surface area contributed by atoms with Crippen molar-refractivity contribution in [3.8, 4) is 0 Å². The molecule has 2 aromatic carbocycles. The monoisotopic (exact) mass is 399 g/mol. The van der Waals surface area contributed by atoms with Crippen molar-refractivity contribution in [1.29, 1.82) is 0 Å². The van der Waals surface area contributed by atoms with Gasteiger partial charge in [0.1, 0.15) is 11.5 Å². The molecule has 0 saturated carbocycles. The first-order valence-corrected chi connectivity index (χ1v) is 9.13. The summed E-state index contributed by atoms with van der Waals surface area (Å²) in [7, 11) is 0. The smallest absolute Gasteiger partial charge is 0.266 e. The van der Waals surface area contributed by atoms with Gasteiger partial charge in [-0.1, -0.05) is 47.2 Å². The van der Waals surface area contributed by atoms with Crippen LogP contribution in [0.25, 0.3) is 11.0 Å². The van der Waals surface area contributed by atoms with Crippen molar-refractivity contribution in [3.05, 3.63) is 101 Å². The average Bonchev–Trinajstić information content (AvgIpc) is 2.94. The van der Waals surface area contributed by atoms with Crippen LogP contribution in [0.1, 0.15) is 16.8 Å². The molecule has 0 radical (unpaired) electrons. The second kappa shape index (κ2) is 7.02. The number of fused-ring (bicyclic) bond motifs is 1. The van der Waals surface area contributed by atoms with Crippen LogP contribution in [0.15, 0.2) is 58.1 Å². The molecule has 0 bridgehead atoms. The Morgan fingerprint density at radius 3 is 2.48 bits per heavy atom. The van der Waals surface area contributed by atoms with Crippen LogP contribution in [0, 0.1) is 5.82 Å². The molecule has 0 aliphatic heterocycles. The number of benzene rings is 2. The van der Waals surface area contributed by atoms with Gasteiger partial charge in [-0.2, -0.15) is 14.6 Å². The van der Waals surface area contributed by atoms with Crippen molar-refractivity contribution in [1.82, 2.24) is 14.6 Å². The molecule has 2 heterocycles. The van der Waals surface area contributed by atoms with Gasteiger partial charge in [0.25, 0.3) is 11.1 Å². The molecular formula is C19H11ClFN3O2S. The molecule has 0 spiro atoms. The van der Waals surface area contributed by atoms with Gasteiger partial charge in [-0.3, -0.25) is 9.59 Å². The molecule has 8 heteroatoms. The van der Waals surface area contributed by atoms with E-state index in [1.165, 1.54) is 12.1 Å². The Morgan fingerprint density at radius 2 is 1.78 bits per heavy atom. The highest BCUT2D eigenvalue weighted by Gasteiger charge is 2.11. The van der Waals surface area contributed by atoms with Crippen LogP contribution in [0.5, 0.6) is 0 Å². The highest BCUT2D eigenvalue weighted by Crippen LogP contribution is 2.10. The van der Waals surface area contributed by atoms with Gasteiger partial charge in [-0.25, -0.2) is 4.39 Å². The summed E-state index contributed by atoms with van der Waals surface area (Å²) in [5.41, 5.74) is 0.791. The van der Waals surface area contributed by atoms with Crippen molar-refractivity contribution in [2.45, 2.75) is 6.42 Å². The number of hydrogen-bond donors (Lipinski definition) is 0. The maximum atomic E-state index is 13.0. The fourth-order valence-electron chi connectivity index (χ4n) is 2.56. The Hall–Kier alpha value is -2.90. The first kappa shape index (κ1) is 17.5. The summed E-state index contributed by atoms with van der Waals surface area (Å²) in [6.07, 6.45) is 1.87. The Balaban J connectivity index is 1.79. The SMILES string of the molecule is O=c1nc2sc(=Cc3ccc(Cl)cc3)c(=O)n2nc1Cc1ccc(F)cc1. The molecule has 0 fully saturated rings. The fourth-order valence-corrected chi connectivity index (χ4v) is 3.59. The normalized spacial score (nSPS) is 12.0. The van der Waals surface area contributed by atoms with E-state index in [-0.39, 0.29) is 28.5 Å². The van der Waals surface area contributed by atoms with E-state index in [1.807, 2.05) is 0 Å². The standard InChI is InChI=1S/C19H11ClFN3O2S/c20-13-5-1-12(2-6-13)10-16-18(26)24-19(27-16)22-17(25)15(23-24)9-11-3-7-14(21)8-4-11/h1-8,10H,9H2. The third kappa shape index (κ3) is 3.65. The number of halogens is 2. The Labute approximate surface area is 161 Å². The van der Waals surface area contributed by atoms with Crippen LogP contribution in [-0.4, -0.2) is 14.6 Å². The summed E-state index contributed by atoms with van der Waals surface area (Å²) in [6, 6.07) is 12.8. The highest BCUT2D eigenvalue weighted by atomic mass is 35.5. The molecule has 0 atom stereocenters. The summed E-state index contributed by atoms with van der Waals surface area (Å²) < 4.78 is 14.6. The summed E-state index contributed by atoms with van der Waals surface area (Å²) in [5, 5.41) is 4.77. The summed E-state index contributed by atoms with van der Waals surface area (Å²) in [5.74, 6) is -0.362. The van der Waals surface area contributed by atoms with E-state index in [4.69, 9.17) is 11.6 Å². The largest absolute Gasteiger partial charge is 0.296 e. The van der Waals surface area contributed by atoms with Gasteiger partial charge in [0, 0.05) is 11.4 Å². The van der Waals surface area contributed by atoms with Crippen LogP contribution in [0.2, 0.25) is 5.02 Å². The van der Waals surface area contributed by atoms with Crippen molar-refractivity contribution < 1.29 is 4.39 Å². The van der Waals surface area contributed by atoms with Crippen LogP contribution in [0.4, 0.5) is 4.39 Å². The van der Waals surface area contributed by atoms with Gasteiger partial charge in [0.15, 0.2) is 0 Å². The van der Waals surface area contributed by atoms with Gasteiger partial charge >= 0.3 is 0 Å². The molecule has 4 rings (SSSR count). The van der Waals surface area contributed by atoms with Gasteiger partial charge in [-0.15, -0.1) is 0 Å². The van der Waals surface area contributed by atoms with Crippen LogP contribution >= 0.6 is 22.9 Å². The van der Waals surface area contributed by atoms with E-state index < -0.39 is 5.56 Å². The van der Waals surface area contributed by atoms with Crippen LogP contribution in [-0.2, 0) is 6.42 Å². The third-order valence-electron chi connectivity index (χ3n) is 3.90. The predicted molar refractivity (Wildman–Crippen MR) is 103 cm³/mol. The van der Waals surface area contributed by atoms with Crippen molar-refractivity contribution in [2.75, 3.05) is 0 Å². The van der Waals surface area contributed by atoms with E-state index in [2.05, 4.69) is 10.1 Å². The van der Waals surface area contributed by atoms with E-state index in [0.29, 0.717) is 15.1 Å². The molecule has 5 nitrogen and oxygen atoms in total. The van der Waals surface area contributed by atoms with Gasteiger partial charge in [-0.05, 0) is 41.5 Å². The van der Waals surface area contributed by atoms with Crippen LogP contribution in [0.3, 0.4) is 0 Å². The molecule has 2 aromatic heterocycles. The summed E-state index contributed by atoms with van der Waals surface area (Å²) >= 11 is 6.96. The maximum Gasteiger partial charge on any atom is 0.296 e. The number of rotatable bonds is 3. The van der Waals surface area contributed by atoms with Gasteiger partial charge in [0.2, 0.25) is 4.96 Å². The molecule has 4 aromatic rings. The number of hydrogen-bond acceptors (Lipinski definition) is 5. The lowest BCUT2D eigenvalue weighted by Crippen LogP contribution is -2.28. The molecular weight excluding hydrogens is 389 g/mol. The average molecular weight is 400 g/mol. The lowest BCUT2D eigenvalue weighted by Gasteiger charge is -2.00. The van der Waals surface area contributed by atoms with E-state index in [9.17, 15) is 14.0 Å². The molecule has 0 unspecified atom stereocenters. The zero-order valence-corrected chi connectivity index (χ0v) is 15.3. The maximum absolute atomic E-state index is 13.0. The molecule has 0 amide bonds. The summed E-state index contributed by atoms with van der Waals surface area (Å²) in [6.45, 7) is 0. The number of aromatic nitrogens is 3. The van der Waals surface area contributed by atoms with Crippen molar-refractivity contribution >= 4 is 34.0 Å². The first-order valence-electron chi connectivity index (χ1n) is 7.94. The van der Waals surface area contributed by atoms with Crippen LogP contribution < -0.4 is 15.7 Å². The minimum absolute atomic E-state index is 0.132. The Morgan fingerprint density at radius 1 is 1.07 bits per heavy atom. The topological polar surface area (TPSA) is 64.3 Å². The second-order valence-corrected chi connectivity index (χ2v) is 7.27. The first-order chi connectivity index (χ1) is 13.0. The Kier molecular flexibility index (Phi) is 4.55. The van der Waals surface area contributed by atoms with E-state index >= 15 is 0 Å². The predicted octanol–water partition coefficient (Wildman–Crippen LogP) is 2.44. The zero-order chi connectivity index (χ0) is 19.0. The zero-order valence-electron chi connectivity index (χ0n) is 13.7. The third-order valence-corrected chi connectivity index (χ3v) is 5.11. The minimum Gasteiger partial charge on any atom is -0.266 e. The molecule has 27 heavy (non-hydrogen) atoms. The molecule has 0 aliphatic carbocycles. The second-order valence-electron chi connectivity index (χ2n) is 5.83. The lowest BCUT2D eigenvalue weighted by atomic mass is 10.1. The van der Waals surface area contributed by atoms with Crippen molar-refractivity contribution in [3.63, 3.8) is 0 Å². The molecule has 0 saturated heterocycles. The minimum atomic E-state index is -0.501. The summed E-state index contributed by atoms with van der Waals surface area (Å²) in [4.78, 5) is 29.1. The fraction of sp³-hybridized carbons (Fsp3) is 0.0526. The molecule has 0 N–H and O–H groups in total.